The van der Waals surface area contributed by atoms with Gasteiger partial charge in [-0.25, -0.2) is 9.29 Å². The van der Waals surface area contributed by atoms with Crippen LogP contribution >= 0.6 is 23.1 Å². The van der Waals surface area contributed by atoms with Crippen LogP contribution in [0.4, 0.5) is 15.8 Å². The second kappa shape index (κ2) is 11.3. The van der Waals surface area contributed by atoms with Gasteiger partial charge in [-0.2, -0.15) is 0 Å². The molecule has 9 nitrogen and oxygen atoms in total. The number of amides is 3. The maximum absolute atomic E-state index is 14.0. The molecule has 3 atom stereocenters. The predicted octanol–water partition coefficient (Wildman–Crippen LogP) is 4.81. The van der Waals surface area contributed by atoms with Gasteiger partial charge in [0.2, 0.25) is 17.7 Å². The Morgan fingerprint density at radius 3 is 2.30 bits per heavy atom. The molecule has 1 fully saturated rings. The van der Waals surface area contributed by atoms with E-state index in [1.54, 1.807) is 30.3 Å². The van der Waals surface area contributed by atoms with Crippen molar-refractivity contribution in [1.82, 2.24) is 4.57 Å². The van der Waals surface area contributed by atoms with E-state index in [4.69, 9.17) is 9.47 Å². The summed E-state index contributed by atoms with van der Waals surface area (Å²) in [5, 5.41) is 2.38. The zero-order valence-corrected chi connectivity index (χ0v) is 25.0. The summed E-state index contributed by atoms with van der Waals surface area (Å²) in [6, 6.07) is 17.7. The molecule has 0 aliphatic carbocycles. The Hall–Kier alpha value is -4.42. The van der Waals surface area contributed by atoms with Gasteiger partial charge in [0.15, 0.2) is 11.5 Å². The maximum atomic E-state index is 14.0. The van der Waals surface area contributed by atoms with Gasteiger partial charge in [0.05, 0.1) is 30.9 Å². The van der Waals surface area contributed by atoms with E-state index in [0.717, 1.165) is 33.6 Å². The van der Waals surface area contributed by atoms with Gasteiger partial charge in [0.25, 0.3) is 0 Å². The molecule has 4 aromatic rings. The standard InChI is InChI=1S/C31H26FN3O6S2/c1-16-4-9-19(10-5-16)33-23(36)15-34-30-27(43-31(34)39)24(17-6-13-21(40-2)22(14-17)41-3)25-26(42-30)29(38)35(28(25)37)20-11-7-18(32)8-12-20/h4-14,24-26H,15H2,1-3H3,(H,33,36)/t24-,25-,26+/m0/s1. The highest BCUT2D eigenvalue weighted by molar-refractivity contribution is 8.00. The molecule has 3 amide bonds. The highest BCUT2D eigenvalue weighted by atomic mass is 32.2. The first-order valence-electron chi connectivity index (χ1n) is 13.3. The quantitative estimate of drug-likeness (QED) is 0.296. The number of nitrogens with zero attached hydrogens (tertiary/aromatic N) is 2. The molecule has 43 heavy (non-hydrogen) atoms. The average molecular weight is 620 g/mol. The molecule has 0 spiro atoms. The number of carbonyl (C=O) groups excluding carboxylic acids is 3. The number of ether oxygens (including phenoxy) is 2. The lowest BCUT2D eigenvalue weighted by atomic mass is 9.83. The molecule has 2 aliphatic rings. The molecule has 3 aromatic carbocycles. The molecule has 1 N–H and O–H groups in total. The van der Waals surface area contributed by atoms with Crippen LogP contribution in [0, 0.1) is 18.7 Å². The van der Waals surface area contributed by atoms with E-state index in [-0.39, 0.29) is 17.1 Å². The van der Waals surface area contributed by atoms with Crippen LogP contribution in [0.2, 0.25) is 0 Å². The number of hydrogen-bond acceptors (Lipinski definition) is 8. The zero-order valence-electron chi connectivity index (χ0n) is 23.3. The third-order valence-electron chi connectivity index (χ3n) is 7.54. The minimum atomic E-state index is -0.886. The van der Waals surface area contributed by atoms with Gasteiger partial charge in [-0.1, -0.05) is 46.9 Å². The lowest BCUT2D eigenvalue weighted by molar-refractivity contribution is -0.122. The smallest absolute Gasteiger partial charge is 0.308 e. The fourth-order valence-electron chi connectivity index (χ4n) is 5.49. The number of nitrogens with one attached hydrogen (secondary N) is 1. The Morgan fingerprint density at radius 1 is 0.930 bits per heavy atom. The summed E-state index contributed by atoms with van der Waals surface area (Å²) >= 11 is 2.05. The van der Waals surface area contributed by atoms with E-state index in [9.17, 15) is 23.6 Å². The van der Waals surface area contributed by atoms with E-state index in [1.807, 2.05) is 19.1 Å². The first-order chi connectivity index (χ1) is 20.7. The number of rotatable bonds is 7. The number of carbonyl (C=O) groups is 3. The van der Waals surface area contributed by atoms with Crippen LogP contribution < -0.4 is 24.6 Å². The number of hydrogen-bond donors (Lipinski definition) is 1. The van der Waals surface area contributed by atoms with Gasteiger partial charge in [0.1, 0.15) is 17.6 Å². The normalized spacial score (nSPS) is 19.2. The minimum Gasteiger partial charge on any atom is -0.493 e. The monoisotopic (exact) mass is 619 g/mol. The molecule has 0 bridgehead atoms. The largest absolute Gasteiger partial charge is 0.493 e. The fourth-order valence-corrected chi connectivity index (χ4v) is 8.26. The van der Waals surface area contributed by atoms with Crippen LogP contribution in [-0.2, 0) is 20.9 Å². The first-order valence-corrected chi connectivity index (χ1v) is 15.0. The predicted molar refractivity (Wildman–Crippen MR) is 162 cm³/mol. The van der Waals surface area contributed by atoms with Crippen LogP contribution in [-0.4, -0.2) is 41.8 Å². The number of aryl methyl sites for hydroxylation is 1. The second-order valence-electron chi connectivity index (χ2n) is 10.2. The summed E-state index contributed by atoms with van der Waals surface area (Å²) in [5.41, 5.74) is 2.54. The van der Waals surface area contributed by atoms with Gasteiger partial charge < -0.3 is 14.8 Å². The van der Waals surface area contributed by atoms with E-state index < -0.39 is 40.6 Å². The maximum Gasteiger partial charge on any atom is 0.308 e. The summed E-state index contributed by atoms with van der Waals surface area (Å²) in [5.74, 6) is -2.47. The molecule has 220 valence electrons. The van der Waals surface area contributed by atoms with E-state index in [0.29, 0.717) is 32.7 Å². The lowest BCUT2D eigenvalue weighted by Gasteiger charge is -2.31. The molecule has 2 aliphatic heterocycles. The Morgan fingerprint density at radius 2 is 1.63 bits per heavy atom. The van der Waals surface area contributed by atoms with Gasteiger partial charge in [-0.3, -0.25) is 23.7 Å². The number of thiazole rings is 1. The third-order valence-corrected chi connectivity index (χ3v) is 10.1. The summed E-state index contributed by atoms with van der Waals surface area (Å²) in [7, 11) is 3.00. The van der Waals surface area contributed by atoms with Crippen molar-refractivity contribution in [2.75, 3.05) is 24.4 Å². The molecule has 3 heterocycles. The average Bonchev–Trinajstić information content (AvgIpc) is 3.44. The van der Waals surface area contributed by atoms with Crippen molar-refractivity contribution >= 4 is 52.2 Å². The van der Waals surface area contributed by atoms with Crippen molar-refractivity contribution in [3.05, 3.63) is 98.2 Å². The fraction of sp³-hybridized carbons (Fsp3) is 0.226. The Bertz CT molecular complexity index is 1800. The van der Waals surface area contributed by atoms with Gasteiger partial charge in [-0.05, 0) is 61.0 Å². The lowest BCUT2D eigenvalue weighted by Crippen LogP contribution is -2.33. The van der Waals surface area contributed by atoms with Gasteiger partial charge in [-0.15, -0.1) is 0 Å². The topological polar surface area (TPSA) is 107 Å². The van der Waals surface area contributed by atoms with Crippen LogP contribution in [0.5, 0.6) is 11.5 Å². The molecule has 0 radical (unpaired) electrons. The summed E-state index contributed by atoms with van der Waals surface area (Å²) in [6.45, 7) is 1.67. The molecule has 0 unspecified atom stereocenters. The van der Waals surface area contributed by atoms with Crippen molar-refractivity contribution in [2.24, 2.45) is 5.92 Å². The van der Waals surface area contributed by atoms with Crippen LogP contribution in [0.1, 0.15) is 21.9 Å². The van der Waals surface area contributed by atoms with E-state index in [2.05, 4.69) is 5.32 Å². The van der Waals surface area contributed by atoms with Crippen LogP contribution in [0.15, 0.2) is 76.6 Å². The third kappa shape index (κ3) is 5.10. The van der Waals surface area contributed by atoms with Crippen molar-refractivity contribution < 1.29 is 28.2 Å². The molecule has 1 saturated heterocycles. The van der Waals surface area contributed by atoms with Crippen LogP contribution in [0.3, 0.4) is 0 Å². The Labute approximate surface area is 254 Å². The van der Waals surface area contributed by atoms with Gasteiger partial charge >= 0.3 is 4.87 Å². The highest BCUT2D eigenvalue weighted by Gasteiger charge is 2.57. The summed E-state index contributed by atoms with van der Waals surface area (Å²) in [6.07, 6.45) is 0. The Balaban J connectivity index is 1.43. The SMILES string of the molecule is COc1ccc([C@@H]2c3sc(=O)n(CC(=O)Nc4ccc(C)cc4)c3S[C@H]3C(=O)N(c4ccc(F)cc4)C(=O)[C@@H]23)cc1OC. The number of imide groups is 1. The summed E-state index contributed by atoms with van der Waals surface area (Å²) < 4.78 is 26.0. The summed E-state index contributed by atoms with van der Waals surface area (Å²) in [4.78, 5) is 55.5. The Kier molecular flexibility index (Phi) is 7.57. The van der Waals surface area contributed by atoms with Gasteiger partial charge in [0, 0.05) is 16.5 Å². The second-order valence-corrected chi connectivity index (χ2v) is 12.3. The van der Waals surface area contributed by atoms with Crippen molar-refractivity contribution in [2.45, 2.75) is 29.7 Å². The molecule has 6 rings (SSSR count). The number of halogens is 1. The molecule has 12 heteroatoms. The number of anilines is 2. The number of thioether (sulfide) groups is 1. The van der Waals surface area contributed by atoms with Crippen molar-refractivity contribution in [1.29, 1.82) is 0 Å². The van der Waals surface area contributed by atoms with E-state index in [1.165, 1.54) is 43.1 Å². The highest BCUT2D eigenvalue weighted by Crippen LogP contribution is 2.54. The molecule has 1 aromatic heterocycles. The zero-order chi connectivity index (χ0) is 30.4. The van der Waals surface area contributed by atoms with Crippen molar-refractivity contribution in [3.8, 4) is 11.5 Å². The van der Waals surface area contributed by atoms with Crippen LogP contribution in [0.25, 0.3) is 0 Å². The van der Waals surface area contributed by atoms with E-state index >= 15 is 0 Å². The molecular formula is C31H26FN3O6S2. The first kappa shape index (κ1) is 28.7. The van der Waals surface area contributed by atoms with Crippen molar-refractivity contribution in [3.63, 3.8) is 0 Å². The molecule has 0 saturated carbocycles. The number of aromatic nitrogens is 1. The number of fused-ring (bicyclic) bond motifs is 2. The molecular weight excluding hydrogens is 593 g/mol. The number of benzene rings is 3. The number of methoxy groups -OCH3 is 2. The minimum absolute atomic E-state index is 0.260.